The van der Waals surface area contributed by atoms with Gasteiger partial charge in [-0.25, -0.2) is 4.39 Å². The fraction of sp³-hybridized carbons (Fsp3) is 0.500. The Morgan fingerprint density at radius 1 is 1.07 bits per heavy atom. The van der Waals surface area contributed by atoms with Gasteiger partial charge in [-0.2, -0.15) is 0 Å². The minimum Gasteiger partial charge on any atom is -0.397 e. The second-order valence-corrected chi connectivity index (χ2v) is 4.10. The molecule has 15 heavy (non-hydrogen) atoms. The van der Waals surface area contributed by atoms with E-state index in [9.17, 15) is 4.39 Å². The number of nitrogens with two attached hydrogens (primary N) is 1. The molecule has 0 saturated carbocycles. The predicted octanol–water partition coefficient (Wildman–Crippen LogP) is 2.79. The molecule has 0 radical (unpaired) electrons. The lowest BCUT2D eigenvalue weighted by molar-refractivity contribution is 0.626. The maximum Gasteiger partial charge on any atom is 0.125 e. The van der Waals surface area contributed by atoms with Gasteiger partial charge in [0.05, 0.1) is 11.4 Å². The summed E-state index contributed by atoms with van der Waals surface area (Å²) < 4.78 is 13.1. The molecule has 0 spiro atoms. The molecule has 1 aliphatic rings. The van der Waals surface area contributed by atoms with Gasteiger partial charge in [-0.15, -0.1) is 0 Å². The lowest BCUT2D eigenvalue weighted by atomic mass is 10.2. The first kappa shape index (κ1) is 10.3. The minimum absolute atomic E-state index is 0.205. The summed E-state index contributed by atoms with van der Waals surface area (Å²) in [4.78, 5) is 2.20. The van der Waals surface area contributed by atoms with Crippen LogP contribution in [-0.2, 0) is 0 Å². The Labute approximate surface area is 89.9 Å². The number of rotatable bonds is 1. The van der Waals surface area contributed by atoms with E-state index >= 15 is 0 Å². The van der Waals surface area contributed by atoms with Crippen molar-refractivity contribution in [1.29, 1.82) is 0 Å². The highest BCUT2D eigenvalue weighted by atomic mass is 19.1. The number of nitrogen functional groups attached to an aromatic ring is 1. The SMILES string of the molecule is Nc1ccc(F)cc1N1CCCCCC1. The van der Waals surface area contributed by atoms with Gasteiger partial charge >= 0.3 is 0 Å². The fourth-order valence-electron chi connectivity index (χ4n) is 2.10. The molecule has 1 aliphatic heterocycles. The minimum atomic E-state index is -0.205. The number of hydrogen-bond donors (Lipinski definition) is 1. The van der Waals surface area contributed by atoms with Crippen molar-refractivity contribution in [2.75, 3.05) is 23.7 Å². The molecule has 1 aromatic rings. The lowest BCUT2D eigenvalue weighted by Crippen LogP contribution is -2.24. The quantitative estimate of drug-likeness (QED) is 0.719. The Balaban J connectivity index is 2.22. The number of halogens is 1. The van der Waals surface area contributed by atoms with Crippen LogP contribution in [0.25, 0.3) is 0 Å². The topological polar surface area (TPSA) is 29.3 Å². The van der Waals surface area contributed by atoms with Gasteiger partial charge in [0.25, 0.3) is 0 Å². The Morgan fingerprint density at radius 3 is 2.40 bits per heavy atom. The Kier molecular flexibility index (Phi) is 3.09. The van der Waals surface area contributed by atoms with Gasteiger partial charge in [-0.1, -0.05) is 12.8 Å². The van der Waals surface area contributed by atoms with Crippen molar-refractivity contribution in [1.82, 2.24) is 0 Å². The lowest BCUT2D eigenvalue weighted by Gasteiger charge is -2.24. The van der Waals surface area contributed by atoms with Crippen molar-refractivity contribution in [3.8, 4) is 0 Å². The second-order valence-electron chi connectivity index (χ2n) is 4.10. The van der Waals surface area contributed by atoms with Gasteiger partial charge in [-0.05, 0) is 31.0 Å². The Hall–Kier alpha value is -1.25. The molecule has 3 heteroatoms. The molecular weight excluding hydrogens is 191 g/mol. The van der Waals surface area contributed by atoms with Crippen LogP contribution >= 0.6 is 0 Å². The second kappa shape index (κ2) is 4.51. The number of benzene rings is 1. The van der Waals surface area contributed by atoms with E-state index in [2.05, 4.69) is 4.90 Å². The first-order chi connectivity index (χ1) is 7.27. The zero-order valence-electron chi connectivity index (χ0n) is 8.88. The molecule has 0 aromatic heterocycles. The maximum atomic E-state index is 13.1. The molecular formula is C12H17FN2. The highest BCUT2D eigenvalue weighted by Crippen LogP contribution is 2.26. The van der Waals surface area contributed by atoms with E-state index < -0.39 is 0 Å². The molecule has 0 unspecified atom stereocenters. The van der Waals surface area contributed by atoms with Crippen LogP contribution in [0.1, 0.15) is 25.7 Å². The third-order valence-corrected chi connectivity index (χ3v) is 2.94. The van der Waals surface area contributed by atoms with Crippen LogP contribution in [-0.4, -0.2) is 13.1 Å². The van der Waals surface area contributed by atoms with Crippen molar-refractivity contribution in [2.24, 2.45) is 0 Å². The molecule has 0 aliphatic carbocycles. The van der Waals surface area contributed by atoms with Gasteiger partial charge in [0.1, 0.15) is 5.82 Å². The third-order valence-electron chi connectivity index (χ3n) is 2.94. The van der Waals surface area contributed by atoms with Gasteiger partial charge in [0.2, 0.25) is 0 Å². The summed E-state index contributed by atoms with van der Waals surface area (Å²) in [5, 5.41) is 0. The zero-order chi connectivity index (χ0) is 10.7. The van der Waals surface area contributed by atoms with E-state index in [-0.39, 0.29) is 5.82 Å². The van der Waals surface area contributed by atoms with Crippen LogP contribution < -0.4 is 10.6 Å². The van der Waals surface area contributed by atoms with Crippen molar-refractivity contribution < 1.29 is 4.39 Å². The highest BCUT2D eigenvalue weighted by Gasteiger charge is 2.12. The molecule has 2 N–H and O–H groups in total. The van der Waals surface area contributed by atoms with Crippen LogP contribution in [0, 0.1) is 5.82 Å². The smallest absolute Gasteiger partial charge is 0.125 e. The molecule has 2 rings (SSSR count). The average molecular weight is 208 g/mol. The molecule has 1 fully saturated rings. The van der Waals surface area contributed by atoms with Crippen molar-refractivity contribution in [2.45, 2.75) is 25.7 Å². The summed E-state index contributed by atoms with van der Waals surface area (Å²) in [6.45, 7) is 1.99. The average Bonchev–Trinajstić information content (AvgIpc) is 2.50. The Bertz CT molecular complexity index is 330. The Morgan fingerprint density at radius 2 is 1.73 bits per heavy atom. The monoisotopic (exact) mass is 208 g/mol. The van der Waals surface area contributed by atoms with Crippen molar-refractivity contribution in [3.63, 3.8) is 0 Å². The van der Waals surface area contributed by atoms with Gasteiger partial charge in [0.15, 0.2) is 0 Å². The van der Waals surface area contributed by atoms with Crippen LogP contribution in [0.4, 0.5) is 15.8 Å². The van der Waals surface area contributed by atoms with Gasteiger partial charge in [-0.3, -0.25) is 0 Å². The molecule has 0 atom stereocenters. The molecule has 82 valence electrons. The summed E-state index contributed by atoms with van der Waals surface area (Å²) in [6.07, 6.45) is 4.89. The van der Waals surface area contributed by atoms with Crippen LogP contribution in [0.5, 0.6) is 0 Å². The maximum absolute atomic E-state index is 13.1. The summed E-state index contributed by atoms with van der Waals surface area (Å²) in [7, 11) is 0. The van der Waals surface area contributed by atoms with Crippen LogP contribution in [0.15, 0.2) is 18.2 Å². The molecule has 1 heterocycles. The molecule has 2 nitrogen and oxygen atoms in total. The summed E-state index contributed by atoms with van der Waals surface area (Å²) in [5.74, 6) is -0.205. The molecule has 0 amide bonds. The predicted molar refractivity (Wildman–Crippen MR) is 61.5 cm³/mol. The summed E-state index contributed by atoms with van der Waals surface area (Å²) >= 11 is 0. The van der Waals surface area contributed by atoms with Crippen LogP contribution in [0.2, 0.25) is 0 Å². The van der Waals surface area contributed by atoms with E-state index in [1.54, 1.807) is 12.1 Å². The summed E-state index contributed by atoms with van der Waals surface area (Å²) in [5.41, 5.74) is 7.40. The van der Waals surface area contributed by atoms with Crippen molar-refractivity contribution in [3.05, 3.63) is 24.0 Å². The number of hydrogen-bond acceptors (Lipinski definition) is 2. The number of nitrogens with zero attached hydrogens (tertiary/aromatic N) is 1. The van der Waals surface area contributed by atoms with Crippen LogP contribution in [0.3, 0.4) is 0 Å². The first-order valence-electron chi connectivity index (χ1n) is 5.57. The molecule has 1 saturated heterocycles. The van der Waals surface area contributed by atoms with E-state index in [1.165, 1.54) is 31.7 Å². The molecule has 0 bridgehead atoms. The molecule has 1 aromatic carbocycles. The zero-order valence-corrected chi connectivity index (χ0v) is 8.88. The first-order valence-corrected chi connectivity index (χ1v) is 5.57. The van der Waals surface area contributed by atoms with E-state index in [1.807, 2.05) is 0 Å². The van der Waals surface area contributed by atoms with E-state index in [0.717, 1.165) is 18.8 Å². The van der Waals surface area contributed by atoms with Gasteiger partial charge in [0, 0.05) is 13.1 Å². The van der Waals surface area contributed by atoms with E-state index in [4.69, 9.17) is 5.73 Å². The van der Waals surface area contributed by atoms with Gasteiger partial charge < -0.3 is 10.6 Å². The fourth-order valence-corrected chi connectivity index (χ4v) is 2.10. The number of anilines is 2. The van der Waals surface area contributed by atoms with Crippen molar-refractivity contribution >= 4 is 11.4 Å². The summed E-state index contributed by atoms with van der Waals surface area (Å²) in [6, 6.07) is 4.60. The largest absolute Gasteiger partial charge is 0.397 e. The third kappa shape index (κ3) is 2.41. The normalized spacial score (nSPS) is 17.5. The highest BCUT2D eigenvalue weighted by molar-refractivity contribution is 5.67. The standard InChI is InChI=1S/C12H17FN2/c13-10-5-6-11(14)12(9-10)15-7-3-1-2-4-8-15/h5-6,9H,1-4,7-8,14H2. The van der Waals surface area contributed by atoms with E-state index in [0.29, 0.717) is 5.69 Å².